The van der Waals surface area contributed by atoms with Crippen molar-refractivity contribution in [2.45, 2.75) is 57.8 Å². The van der Waals surface area contributed by atoms with E-state index in [1.165, 1.54) is 0 Å². The Labute approximate surface area is 246 Å². The van der Waals surface area contributed by atoms with E-state index in [4.69, 9.17) is 9.47 Å². The summed E-state index contributed by atoms with van der Waals surface area (Å²) < 4.78 is 11.9. The summed E-state index contributed by atoms with van der Waals surface area (Å²) in [6, 6.07) is 20.1. The maximum atomic E-state index is 13.1. The van der Waals surface area contributed by atoms with Crippen molar-refractivity contribution in [1.29, 1.82) is 0 Å². The van der Waals surface area contributed by atoms with Crippen molar-refractivity contribution >= 4 is 22.8 Å². The van der Waals surface area contributed by atoms with Gasteiger partial charge in [0.2, 0.25) is 0 Å². The quantitative estimate of drug-likeness (QED) is 0.216. The maximum Gasteiger partial charge on any atom is 0.326 e. The number of hydrogen-bond donors (Lipinski definition) is 3. The maximum absolute atomic E-state index is 13.1. The fourth-order valence-corrected chi connectivity index (χ4v) is 6.04. The summed E-state index contributed by atoms with van der Waals surface area (Å²) in [5.41, 5.74) is 5.78. The number of aliphatic carboxylic acids is 1. The van der Waals surface area contributed by atoms with Crippen LogP contribution in [0, 0.1) is 6.92 Å². The normalized spacial score (nSPS) is 18.1. The van der Waals surface area contributed by atoms with Gasteiger partial charge in [-0.1, -0.05) is 42.5 Å². The molecule has 1 amide bonds. The Hall–Kier alpha value is -4.14. The Bertz CT molecular complexity index is 1520. The van der Waals surface area contributed by atoms with Crippen molar-refractivity contribution in [2.75, 3.05) is 20.3 Å². The minimum atomic E-state index is -1.06. The lowest BCUT2D eigenvalue weighted by Gasteiger charge is -2.40. The number of H-pyrrole nitrogens is 1. The Morgan fingerprint density at radius 1 is 1.12 bits per heavy atom. The van der Waals surface area contributed by atoms with E-state index in [-0.39, 0.29) is 18.6 Å². The first-order valence-electron chi connectivity index (χ1n) is 14.5. The van der Waals surface area contributed by atoms with Crippen LogP contribution in [0.1, 0.15) is 58.4 Å². The van der Waals surface area contributed by atoms with Crippen molar-refractivity contribution in [3.05, 3.63) is 101 Å². The van der Waals surface area contributed by atoms with Crippen molar-refractivity contribution < 1.29 is 24.2 Å². The molecule has 4 aromatic rings. The lowest BCUT2D eigenvalue weighted by Crippen LogP contribution is -2.42. The molecule has 0 unspecified atom stereocenters. The highest BCUT2D eigenvalue weighted by Crippen LogP contribution is 2.38. The number of carbonyl (C=O) groups is 2. The van der Waals surface area contributed by atoms with Crippen LogP contribution < -0.4 is 10.1 Å². The van der Waals surface area contributed by atoms with Gasteiger partial charge in [-0.05, 0) is 67.6 Å². The van der Waals surface area contributed by atoms with Gasteiger partial charge in [0, 0.05) is 60.4 Å². The largest absolute Gasteiger partial charge is 0.496 e. The van der Waals surface area contributed by atoms with Gasteiger partial charge in [0.1, 0.15) is 11.8 Å². The molecular formula is C34H39N3O5. The SMILES string of the molecule is CCO[C@@H]1CCN(Cc2c(OC)cc(C)c3[nH]ccc23)[C@H](c2ccc(C(=O)N[C@@H](Cc3ccccc3)C(=O)O)cc2)C1. The zero-order chi connectivity index (χ0) is 29.6. The lowest BCUT2D eigenvalue weighted by atomic mass is 9.91. The number of ether oxygens (including phenoxy) is 2. The van der Waals surface area contributed by atoms with E-state index in [1.807, 2.05) is 55.6 Å². The second kappa shape index (κ2) is 13.2. The van der Waals surface area contributed by atoms with Crippen molar-refractivity contribution in [3.8, 4) is 5.75 Å². The number of carbonyl (C=O) groups excluding carboxylic acids is 1. The molecule has 220 valence electrons. The number of aromatic amines is 1. The molecule has 3 aromatic carbocycles. The number of carboxylic acids is 1. The number of aromatic nitrogens is 1. The molecule has 0 bridgehead atoms. The van der Waals surface area contributed by atoms with Gasteiger partial charge in [-0.3, -0.25) is 9.69 Å². The molecular weight excluding hydrogens is 530 g/mol. The van der Waals surface area contributed by atoms with Gasteiger partial charge in [-0.15, -0.1) is 0 Å². The molecule has 0 saturated carbocycles. The standard InChI is InChI=1S/C34H39N3O5/c1-4-42-26-15-17-37(21-28-27-14-16-35-32(27)22(2)18-31(28)41-3)30(20-26)24-10-12-25(13-11-24)33(38)36-29(34(39)40)19-23-8-6-5-7-9-23/h5-14,16,18,26,29-30,35H,4,15,17,19-21H2,1-3H3,(H,36,38)(H,39,40)/t26-,29+,30+/m1/s1. The molecule has 1 aliphatic heterocycles. The molecule has 1 aromatic heterocycles. The minimum Gasteiger partial charge on any atom is -0.496 e. The number of aryl methyl sites for hydroxylation is 1. The molecule has 8 heteroatoms. The van der Waals surface area contributed by atoms with Gasteiger partial charge < -0.3 is 24.9 Å². The van der Waals surface area contributed by atoms with Gasteiger partial charge in [0.05, 0.1) is 13.2 Å². The molecule has 8 nitrogen and oxygen atoms in total. The van der Waals surface area contributed by atoms with Crippen LogP contribution in [0.3, 0.4) is 0 Å². The first-order chi connectivity index (χ1) is 20.4. The van der Waals surface area contributed by atoms with Gasteiger partial charge in [-0.25, -0.2) is 4.79 Å². The summed E-state index contributed by atoms with van der Waals surface area (Å²) in [5, 5.41) is 13.6. The summed E-state index contributed by atoms with van der Waals surface area (Å²) in [4.78, 5) is 30.8. The smallest absolute Gasteiger partial charge is 0.326 e. The van der Waals surface area contributed by atoms with E-state index < -0.39 is 17.9 Å². The van der Waals surface area contributed by atoms with Crippen LogP contribution in [0.2, 0.25) is 0 Å². The van der Waals surface area contributed by atoms with Crippen LogP contribution in [-0.4, -0.2) is 59.3 Å². The summed E-state index contributed by atoms with van der Waals surface area (Å²) >= 11 is 0. The minimum absolute atomic E-state index is 0.0808. The fourth-order valence-electron chi connectivity index (χ4n) is 6.04. The van der Waals surface area contributed by atoms with Gasteiger partial charge in [0.15, 0.2) is 0 Å². The van der Waals surface area contributed by atoms with Crippen LogP contribution in [0.5, 0.6) is 5.75 Å². The van der Waals surface area contributed by atoms with Crippen LogP contribution in [0.25, 0.3) is 10.9 Å². The number of fused-ring (bicyclic) bond motifs is 1. The van der Waals surface area contributed by atoms with E-state index in [0.717, 1.165) is 58.3 Å². The molecule has 0 radical (unpaired) electrons. The molecule has 1 saturated heterocycles. The first kappa shape index (κ1) is 29.4. The van der Waals surface area contributed by atoms with Crippen LogP contribution in [0.15, 0.2) is 72.9 Å². The van der Waals surface area contributed by atoms with E-state index in [0.29, 0.717) is 18.7 Å². The van der Waals surface area contributed by atoms with E-state index >= 15 is 0 Å². The summed E-state index contributed by atoms with van der Waals surface area (Å²) in [6.45, 7) is 6.35. The zero-order valence-corrected chi connectivity index (χ0v) is 24.4. The van der Waals surface area contributed by atoms with Gasteiger partial charge >= 0.3 is 5.97 Å². The third-order valence-electron chi connectivity index (χ3n) is 8.20. The Balaban J connectivity index is 1.36. The molecule has 0 spiro atoms. The predicted molar refractivity (Wildman–Crippen MR) is 163 cm³/mol. The molecule has 3 atom stereocenters. The van der Waals surface area contributed by atoms with E-state index in [9.17, 15) is 14.7 Å². The third-order valence-corrected chi connectivity index (χ3v) is 8.20. The molecule has 0 aliphatic carbocycles. The topological polar surface area (TPSA) is 104 Å². The molecule has 3 N–H and O–H groups in total. The summed E-state index contributed by atoms with van der Waals surface area (Å²) in [5.74, 6) is -0.593. The predicted octanol–water partition coefficient (Wildman–Crippen LogP) is 5.65. The number of nitrogens with one attached hydrogen (secondary N) is 2. The van der Waals surface area contributed by atoms with Gasteiger partial charge in [0.25, 0.3) is 5.91 Å². The highest BCUT2D eigenvalue weighted by Gasteiger charge is 2.31. The summed E-state index contributed by atoms with van der Waals surface area (Å²) in [6.07, 6.45) is 4.11. The summed E-state index contributed by atoms with van der Waals surface area (Å²) in [7, 11) is 1.72. The number of benzene rings is 3. The fraction of sp³-hybridized carbons (Fsp3) is 0.353. The van der Waals surface area contributed by atoms with Crippen molar-refractivity contribution in [3.63, 3.8) is 0 Å². The molecule has 5 rings (SSSR count). The monoisotopic (exact) mass is 569 g/mol. The van der Waals surface area contributed by atoms with Crippen LogP contribution in [-0.2, 0) is 22.5 Å². The molecule has 1 fully saturated rings. The Kier molecular flexibility index (Phi) is 9.25. The number of piperidine rings is 1. The van der Waals surface area contributed by atoms with Crippen LogP contribution >= 0.6 is 0 Å². The number of methoxy groups -OCH3 is 1. The molecule has 1 aliphatic rings. The average Bonchev–Trinajstić information content (AvgIpc) is 3.50. The number of nitrogens with zero attached hydrogens (tertiary/aromatic N) is 1. The van der Waals surface area contributed by atoms with Crippen molar-refractivity contribution in [2.24, 2.45) is 0 Å². The second-order valence-electron chi connectivity index (χ2n) is 10.9. The third kappa shape index (κ3) is 6.50. The molecule has 2 heterocycles. The number of rotatable bonds is 11. The van der Waals surface area contributed by atoms with E-state index in [1.54, 1.807) is 19.2 Å². The Morgan fingerprint density at radius 2 is 1.88 bits per heavy atom. The van der Waals surface area contributed by atoms with Crippen molar-refractivity contribution in [1.82, 2.24) is 15.2 Å². The number of carboxylic acid groups (broad SMARTS) is 1. The van der Waals surface area contributed by atoms with Gasteiger partial charge in [-0.2, -0.15) is 0 Å². The first-order valence-corrected chi connectivity index (χ1v) is 14.5. The van der Waals surface area contributed by atoms with Crippen LogP contribution in [0.4, 0.5) is 0 Å². The lowest BCUT2D eigenvalue weighted by molar-refractivity contribution is -0.139. The average molecular weight is 570 g/mol. The number of amides is 1. The second-order valence-corrected chi connectivity index (χ2v) is 10.9. The molecule has 42 heavy (non-hydrogen) atoms. The number of hydrogen-bond acceptors (Lipinski definition) is 5. The highest BCUT2D eigenvalue weighted by atomic mass is 16.5. The zero-order valence-electron chi connectivity index (χ0n) is 24.4. The Morgan fingerprint density at radius 3 is 2.57 bits per heavy atom. The highest BCUT2D eigenvalue weighted by molar-refractivity contribution is 5.96. The van der Waals surface area contributed by atoms with E-state index in [2.05, 4.69) is 34.3 Å². The number of likely N-dealkylation sites (tertiary alicyclic amines) is 1.